The van der Waals surface area contributed by atoms with Crippen LogP contribution in [0.15, 0.2) is 53.0 Å². The average Bonchev–Trinajstić information content (AvgIpc) is 3.60. The Bertz CT molecular complexity index is 1190. The molecular formula is C27H29BrN2O2. The van der Waals surface area contributed by atoms with Crippen molar-refractivity contribution in [1.29, 1.82) is 0 Å². The zero-order valence-corrected chi connectivity index (χ0v) is 20.1. The fourth-order valence-electron chi connectivity index (χ4n) is 6.06. The lowest BCUT2D eigenvalue weighted by atomic mass is 9.56. The summed E-state index contributed by atoms with van der Waals surface area (Å²) in [7, 11) is 1.71. The number of hydrogen-bond acceptors (Lipinski definition) is 4. The third-order valence-electron chi connectivity index (χ3n) is 7.96. The highest BCUT2D eigenvalue weighted by molar-refractivity contribution is 9.10. The van der Waals surface area contributed by atoms with E-state index in [-0.39, 0.29) is 5.41 Å². The first-order chi connectivity index (χ1) is 15.5. The van der Waals surface area contributed by atoms with E-state index in [1.165, 1.54) is 24.0 Å². The highest BCUT2D eigenvalue weighted by atomic mass is 79.9. The van der Waals surface area contributed by atoms with Crippen LogP contribution in [-0.4, -0.2) is 47.3 Å². The molecule has 2 fully saturated rings. The van der Waals surface area contributed by atoms with E-state index in [1.807, 2.05) is 6.07 Å². The van der Waals surface area contributed by atoms with Gasteiger partial charge in [0.05, 0.1) is 18.2 Å². The van der Waals surface area contributed by atoms with Crippen LogP contribution in [0.4, 0.5) is 0 Å². The van der Waals surface area contributed by atoms with Crippen LogP contribution in [0.5, 0.6) is 5.75 Å². The normalized spacial score (nSPS) is 27.7. The number of fused-ring (bicyclic) bond motifs is 3. The molecule has 0 unspecified atom stereocenters. The standard InChI is InChI=1S/C27H29BrN2O2/c1-32-23-4-2-3-21(13-23)26-9-10-30(16-18-5-6-18)17-27(26,31)14-20-11-19-12-22(28)7-8-24(19)29-25(20)15-26/h2-4,7-8,11-13,18,31H,5-6,9-10,14-17H2,1H3/t26-,27-/m0/s1. The lowest BCUT2D eigenvalue weighted by Crippen LogP contribution is -2.66. The largest absolute Gasteiger partial charge is 0.497 e. The molecule has 32 heavy (non-hydrogen) atoms. The molecule has 1 saturated heterocycles. The third-order valence-corrected chi connectivity index (χ3v) is 8.46. The van der Waals surface area contributed by atoms with Crippen LogP contribution in [0.25, 0.3) is 10.9 Å². The molecule has 6 rings (SSSR count). The Morgan fingerprint density at radius 3 is 2.84 bits per heavy atom. The van der Waals surface area contributed by atoms with E-state index in [1.54, 1.807) is 7.11 Å². The van der Waals surface area contributed by atoms with Gasteiger partial charge in [-0.2, -0.15) is 0 Å². The molecule has 1 saturated carbocycles. The lowest BCUT2D eigenvalue weighted by molar-refractivity contribution is -0.104. The first-order valence-corrected chi connectivity index (χ1v) is 12.4. The summed E-state index contributed by atoms with van der Waals surface area (Å²) in [5.74, 6) is 1.67. The molecule has 0 amide bonds. The average molecular weight is 493 g/mol. The molecule has 0 bridgehead atoms. The Balaban J connectivity index is 1.48. The van der Waals surface area contributed by atoms with Crippen LogP contribution >= 0.6 is 15.9 Å². The van der Waals surface area contributed by atoms with E-state index in [0.717, 1.165) is 65.2 Å². The number of benzene rings is 2. The first kappa shape index (κ1) is 20.6. The van der Waals surface area contributed by atoms with Gasteiger partial charge in [0.1, 0.15) is 5.75 Å². The predicted octanol–water partition coefficient (Wildman–Crippen LogP) is 4.89. The van der Waals surface area contributed by atoms with Crippen molar-refractivity contribution in [2.45, 2.75) is 43.1 Å². The SMILES string of the molecule is COc1cccc([C@@]23CCN(CC4CC4)C[C@@]2(O)Cc2cc4cc(Br)ccc4nc2C3)c1. The van der Waals surface area contributed by atoms with Gasteiger partial charge in [-0.15, -0.1) is 0 Å². The quantitative estimate of drug-likeness (QED) is 0.563. The van der Waals surface area contributed by atoms with E-state index in [4.69, 9.17) is 9.72 Å². The van der Waals surface area contributed by atoms with Crippen LogP contribution in [0.2, 0.25) is 0 Å². The summed E-state index contributed by atoms with van der Waals surface area (Å²) in [4.78, 5) is 7.60. The van der Waals surface area contributed by atoms with Crippen LogP contribution in [0.1, 0.15) is 36.1 Å². The zero-order valence-electron chi connectivity index (χ0n) is 18.5. The molecule has 2 aromatic carbocycles. The Morgan fingerprint density at radius 2 is 2.03 bits per heavy atom. The van der Waals surface area contributed by atoms with Crippen LogP contribution in [0.3, 0.4) is 0 Å². The number of pyridine rings is 1. The molecule has 3 aliphatic rings. The number of rotatable bonds is 4. The molecular weight excluding hydrogens is 464 g/mol. The number of aliphatic hydroxyl groups is 1. The van der Waals surface area contributed by atoms with Crippen LogP contribution in [0, 0.1) is 5.92 Å². The summed E-state index contributed by atoms with van der Waals surface area (Å²) in [6.07, 6.45) is 5.00. The minimum atomic E-state index is -0.832. The van der Waals surface area contributed by atoms with E-state index < -0.39 is 5.60 Å². The van der Waals surface area contributed by atoms with Gasteiger partial charge in [0.2, 0.25) is 0 Å². The highest BCUT2D eigenvalue weighted by Gasteiger charge is 2.57. The lowest BCUT2D eigenvalue weighted by Gasteiger charge is -2.56. The molecule has 5 heteroatoms. The second-order valence-corrected chi connectivity index (χ2v) is 11.0. The van der Waals surface area contributed by atoms with Gasteiger partial charge in [-0.1, -0.05) is 28.1 Å². The summed E-state index contributed by atoms with van der Waals surface area (Å²) < 4.78 is 6.62. The molecule has 2 aliphatic carbocycles. The van der Waals surface area contributed by atoms with Gasteiger partial charge >= 0.3 is 0 Å². The van der Waals surface area contributed by atoms with Gasteiger partial charge in [0.25, 0.3) is 0 Å². The topological polar surface area (TPSA) is 45.6 Å². The minimum absolute atomic E-state index is 0.357. The smallest absolute Gasteiger partial charge is 0.119 e. The van der Waals surface area contributed by atoms with Gasteiger partial charge in [-0.05, 0) is 79.3 Å². The highest BCUT2D eigenvalue weighted by Crippen LogP contribution is 2.51. The van der Waals surface area contributed by atoms with E-state index >= 15 is 0 Å². The van der Waals surface area contributed by atoms with Crippen molar-refractivity contribution >= 4 is 26.8 Å². The van der Waals surface area contributed by atoms with Crippen molar-refractivity contribution in [3.8, 4) is 5.75 Å². The number of halogens is 1. The Morgan fingerprint density at radius 1 is 1.16 bits per heavy atom. The van der Waals surface area contributed by atoms with Gasteiger partial charge in [-0.3, -0.25) is 4.98 Å². The molecule has 2 atom stereocenters. The maximum atomic E-state index is 12.4. The number of methoxy groups -OCH3 is 1. The van der Waals surface area contributed by atoms with Crippen molar-refractivity contribution < 1.29 is 9.84 Å². The maximum Gasteiger partial charge on any atom is 0.119 e. The third kappa shape index (κ3) is 3.37. The Labute approximate surface area is 197 Å². The van der Waals surface area contributed by atoms with Gasteiger partial charge in [-0.25, -0.2) is 0 Å². The van der Waals surface area contributed by atoms with Gasteiger partial charge in [0.15, 0.2) is 0 Å². The van der Waals surface area contributed by atoms with E-state index in [2.05, 4.69) is 63.3 Å². The summed E-state index contributed by atoms with van der Waals surface area (Å²) in [6.45, 7) is 2.86. The molecule has 3 aromatic rings. The molecule has 2 heterocycles. The van der Waals surface area contributed by atoms with E-state index in [9.17, 15) is 5.11 Å². The Kier molecular flexibility index (Phi) is 4.87. The second-order valence-electron chi connectivity index (χ2n) is 10.1. The van der Waals surface area contributed by atoms with Crippen LogP contribution in [-0.2, 0) is 18.3 Å². The number of likely N-dealkylation sites (tertiary alicyclic amines) is 1. The number of hydrogen-bond donors (Lipinski definition) is 1. The van der Waals surface area contributed by atoms with Gasteiger partial charge in [0, 0.05) is 46.9 Å². The molecule has 1 aromatic heterocycles. The number of ether oxygens (including phenoxy) is 1. The molecule has 1 N–H and O–H groups in total. The minimum Gasteiger partial charge on any atom is -0.497 e. The summed E-state index contributed by atoms with van der Waals surface area (Å²) in [6, 6.07) is 16.8. The number of piperidine rings is 1. The number of aromatic nitrogens is 1. The summed E-state index contributed by atoms with van der Waals surface area (Å²) in [5.41, 5.74) is 3.32. The fourth-order valence-corrected chi connectivity index (χ4v) is 6.43. The predicted molar refractivity (Wildman–Crippen MR) is 130 cm³/mol. The van der Waals surface area contributed by atoms with Crippen molar-refractivity contribution in [1.82, 2.24) is 9.88 Å². The van der Waals surface area contributed by atoms with Crippen LogP contribution < -0.4 is 4.74 Å². The van der Waals surface area contributed by atoms with Crippen molar-refractivity contribution in [2.75, 3.05) is 26.7 Å². The van der Waals surface area contributed by atoms with E-state index in [0.29, 0.717) is 6.42 Å². The molecule has 4 nitrogen and oxygen atoms in total. The molecule has 1 aliphatic heterocycles. The zero-order chi connectivity index (χ0) is 21.9. The summed E-state index contributed by atoms with van der Waals surface area (Å²) in [5, 5.41) is 13.5. The molecule has 166 valence electrons. The summed E-state index contributed by atoms with van der Waals surface area (Å²) >= 11 is 3.59. The first-order valence-electron chi connectivity index (χ1n) is 11.7. The van der Waals surface area contributed by atoms with Gasteiger partial charge < -0.3 is 14.7 Å². The van der Waals surface area contributed by atoms with Crippen molar-refractivity contribution in [3.63, 3.8) is 0 Å². The Hall–Kier alpha value is -1.95. The monoisotopic (exact) mass is 492 g/mol. The number of nitrogens with zero attached hydrogens (tertiary/aromatic N) is 2. The molecule has 0 spiro atoms. The molecule has 0 radical (unpaired) electrons. The van der Waals surface area contributed by atoms with Crippen molar-refractivity contribution in [2.24, 2.45) is 5.92 Å². The maximum absolute atomic E-state index is 12.4. The second kappa shape index (κ2) is 7.54. The van der Waals surface area contributed by atoms with Crippen molar-refractivity contribution in [3.05, 3.63) is 69.8 Å². The fraction of sp³-hybridized carbons (Fsp3) is 0.444. The number of β-amino-alcohol motifs (C(OH)–C–C–N with tert-alkyl or cyclic N) is 1.